The maximum Gasteiger partial charge on any atom is 0.261 e. The van der Waals surface area contributed by atoms with E-state index in [0.29, 0.717) is 50.3 Å². The summed E-state index contributed by atoms with van der Waals surface area (Å²) in [7, 11) is -2.15. The summed E-state index contributed by atoms with van der Waals surface area (Å²) in [6, 6.07) is 11.4. The summed E-state index contributed by atoms with van der Waals surface area (Å²) in [5.41, 5.74) is 2.82. The number of aryl methyl sites for hydroxylation is 1. The Labute approximate surface area is 201 Å². The van der Waals surface area contributed by atoms with Crippen LogP contribution in [0.25, 0.3) is 0 Å². The number of carbonyl (C=O) groups is 2. The highest BCUT2D eigenvalue weighted by atomic mass is 32.2. The molecule has 0 atom stereocenters. The number of piperidine rings is 1. The quantitative estimate of drug-likeness (QED) is 0.529. The molecule has 0 bridgehead atoms. The lowest BCUT2D eigenvalue weighted by atomic mass is 9.95. The first-order valence-corrected chi connectivity index (χ1v) is 13.0. The van der Waals surface area contributed by atoms with Crippen molar-refractivity contribution in [2.45, 2.75) is 38.0 Å². The summed E-state index contributed by atoms with van der Waals surface area (Å²) in [6.45, 7) is 5.95. The zero-order chi connectivity index (χ0) is 24.7. The van der Waals surface area contributed by atoms with E-state index in [9.17, 15) is 18.0 Å². The third kappa shape index (κ3) is 6.36. The van der Waals surface area contributed by atoms with Gasteiger partial charge in [-0.1, -0.05) is 12.1 Å². The minimum absolute atomic E-state index is 0.0223. The molecule has 3 rings (SSSR count). The highest BCUT2D eigenvalue weighted by Gasteiger charge is 2.28. The van der Waals surface area contributed by atoms with Gasteiger partial charge in [-0.2, -0.15) is 0 Å². The van der Waals surface area contributed by atoms with Gasteiger partial charge in [-0.05, 0) is 74.6 Å². The summed E-state index contributed by atoms with van der Waals surface area (Å²) < 4.78 is 33.2. The van der Waals surface area contributed by atoms with Crippen molar-refractivity contribution < 1.29 is 22.7 Å². The van der Waals surface area contributed by atoms with Crippen LogP contribution in [0.4, 0.5) is 5.69 Å². The van der Waals surface area contributed by atoms with Gasteiger partial charge < -0.3 is 15.0 Å². The molecule has 1 aliphatic heterocycles. The standard InChI is InChI=1S/C25H33N3O5S/c1-18-6-4-7-23(19(18)2)27-34(31,32)22-10-8-21(9-11-22)25(30)28-15-12-20(13-16-28)24(29)26-14-5-17-33-3/h4,6-11,20,27H,5,12-17H2,1-3H3,(H,26,29). The molecular weight excluding hydrogens is 454 g/mol. The number of amides is 2. The molecule has 184 valence electrons. The van der Waals surface area contributed by atoms with Crippen LogP contribution in [-0.4, -0.2) is 58.5 Å². The Bertz CT molecular complexity index is 1110. The average molecular weight is 488 g/mol. The van der Waals surface area contributed by atoms with Crippen LogP contribution in [0, 0.1) is 19.8 Å². The van der Waals surface area contributed by atoms with Crippen LogP contribution in [0.2, 0.25) is 0 Å². The lowest BCUT2D eigenvalue weighted by Gasteiger charge is -2.31. The predicted molar refractivity (Wildman–Crippen MR) is 131 cm³/mol. The van der Waals surface area contributed by atoms with Gasteiger partial charge in [-0.3, -0.25) is 14.3 Å². The van der Waals surface area contributed by atoms with E-state index in [1.807, 2.05) is 19.9 Å². The second-order valence-corrected chi connectivity index (χ2v) is 10.3. The van der Waals surface area contributed by atoms with Crippen molar-refractivity contribution in [2.24, 2.45) is 5.92 Å². The monoisotopic (exact) mass is 487 g/mol. The van der Waals surface area contributed by atoms with E-state index in [4.69, 9.17) is 4.74 Å². The maximum absolute atomic E-state index is 12.9. The van der Waals surface area contributed by atoms with E-state index in [2.05, 4.69) is 10.0 Å². The molecule has 8 nitrogen and oxygen atoms in total. The van der Waals surface area contributed by atoms with E-state index < -0.39 is 10.0 Å². The SMILES string of the molecule is COCCCNC(=O)C1CCN(C(=O)c2ccc(S(=O)(=O)Nc3cccc(C)c3C)cc2)CC1. The molecule has 9 heteroatoms. The molecule has 1 aliphatic rings. The summed E-state index contributed by atoms with van der Waals surface area (Å²) in [5, 5.41) is 2.92. The average Bonchev–Trinajstić information content (AvgIpc) is 2.84. The molecule has 0 aliphatic carbocycles. The normalized spacial score (nSPS) is 14.6. The molecule has 1 fully saturated rings. The van der Waals surface area contributed by atoms with Crippen LogP contribution in [0.3, 0.4) is 0 Å². The second kappa shape index (κ2) is 11.5. The molecule has 2 aromatic carbocycles. The second-order valence-electron chi connectivity index (χ2n) is 8.58. The van der Waals surface area contributed by atoms with E-state index >= 15 is 0 Å². The van der Waals surface area contributed by atoms with Crippen LogP contribution in [0.1, 0.15) is 40.7 Å². The van der Waals surface area contributed by atoms with Gasteiger partial charge in [0.05, 0.1) is 10.6 Å². The Balaban J connectivity index is 1.57. The third-order valence-electron chi connectivity index (χ3n) is 6.24. The van der Waals surface area contributed by atoms with Crippen molar-refractivity contribution in [2.75, 3.05) is 38.1 Å². The summed E-state index contributed by atoms with van der Waals surface area (Å²) >= 11 is 0. The van der Waals surface area contributed by atoms with Gasteiger partial charge in [0.2, 0.25) is 5.91 Å². The van der Waals surface area contributed by atoms with Gasteiger partial charge in [-0.15, -0.1) is 0 Å². The van der Waals surface area contributed by atoms with Crippen molar-refractivity contribution in [3.63, 3.8) is 0 Å². The Kier molecular flexibility index (Phi) is 8.68. The summed E-state index contributed by atoms with van der Waals surface area (Å²) in [6.07, 6.45) is 1.98. The van der Waals surface area contributed by atoms with Gasteiger partial charge in [0, 0.05) is 44.8 Å². The first kappa shape index (κ1) is 25.7. The van der Waals surface area contributed by atoms with Gasteiger partial charge >= 0.3 is 0 Å². The number of methoxy groups -OCH3 is 1. The van der Waals surface area contributed by atoms with E-state index in [0.717, 1.165) is 17.5 Å². The van der Waals surface area contributed by atoms with Crippen LogP contribution < -0.4 is 10.0 Å². The van der Waals surface area contributed by atoms with Crippen molar-refractivity contribution in [1.82, 2.24) is 10.2 Å². The van der Waals surface area contributed by atoms with Gasteiger partial charge in [0.25, 0.3) is 15.9 Å². The molecule has 0 aromatic heterocycles. The Hall–Kier alpha value is -2.91. The molecule has 2 N–H and O–H groups in total. The van der Waals surface area contributed by atoms with Gasteiger partial charge in [0.15, 0.2) is 0 Å². The fourth-order valence-electron chi connectivity index (χ4n) is 3.94. The van der Waals surface area contributed by atoms with Crippen LogP contribution >= 0.6 is 0 Å². The lowest BCUT2D eigenvalue weighted by molar-refractivity contribution is -0.126. The minimum atomic E-state index is -3.78. The number of carbonyl (C=O) groups excluding carboxylic acids is 2. The Morgan fingerprint density at radius 3 is 2.38 bits per heavy atom. The smallest absolute Gasteiger partial charge is 0.261 e. The molecule has 34 heavy (non-hydrogen) atoms. The first-order valence-electron chi connectivity index (χ1n) is 11.5. The molecule has 2 aromatic rings. The van der Waals surface area contributed by atoms with Crippen LogP contribution in [0.15, 0.2) is 47.4 Å². The van der Waals surface area contributed by atoms with Crippen molar-refractivity contribution >= 4 is 27.5 Å². The Morgan fingerprint density at radius 1 is 1.06 bits per heavy atom. The molecule has 0 unspecified atom stereocenters. The number of hydrogen-bond acceptors (Lipinski definition) is 5. The highest BCUT2D eigenvalue weighted by molar-refractivity contribution is 7.92. The number of nitrogens with zero attached hydrogens (tertiary/aromatic N) is 1. The number of benzene rings is 2. The fraction of sp³-hybridized carbons (Fsp3) is 0.440. The zero-order valence-electron chi connectivity index (χ0n) is 20.0. The number of ether oxygens (including phenoxy) is 1. The topological polar surface area (TPSA) is 105 Å². The van der Waals surface area contributed by atoms with Gasteiger partial charge in [0.1, 0.15) is 0 Å². The number of rotatable bonds is 9. The molecule has 1 heterocycles. The molecule has 0 radical (unpaired) electrons. The highest BCUT2D eigenvalue weighted by Crippen LogP contribution is 2.23. The number of sulfonamides is 1. The summed E-state index contributed by atoms with van der Waals surface area (Å²) in [5.74, 6) is -0.241. The van der Waals surface area contributed by atoms with Crippen molar-refractivity contribution in [3.8, 4) is 0 Å². The first-order chi connectivity index (χ1) is 16.2. The van der Waals surface area contributed by atoms with Crippen LogP contribution in [0.5, 0.6) is 0 Å². The van der Waals surface area contributed by atoms with E-state index in [1.54, 1.807) is 24.1 Å². The zero-order valence-corrected chi connectivity index (χ0v) is 20.8. The predicted octanol–water partition coefficient (Wildman–Crippen LogP) is 3.11. The number of anilines is 1. The molecule has 0 saturated carbocycles. The number of hydrogen-bond donors (Lipinski definition) is 2. The number of nitrogens with one attached hydrogen (secondary N) is 2. The number of likely N-dealkylation sites (tertiary alicyclic amines) is 1. The van der Waals surface area contributed by atoms with Crippen molar-refractivity contribution in [1.29, 1.82) is 0 Å². The molecule has 2 amide bonds. The molecule has 0 spiro atoms. The summed E-state index contributed by atoms with van der Waals surface area (Å²) in [4.78, 5) is 27.0. The van der Waals surface area contributed by atoms with E-state index in [1.165, 1.54) is 24.3 Å². The largest absolute Gasteiger partial charge is 0.385 e. The fourth-order valence-corrected chi connectivity index (χ4v) is 5.06. The van der Waals surface area contributed by atoms with Crippen molar-refractivity contribution in [3.05, 3.63) is 59.2 Å². The van der Waals surface area contributed by atoms with Crippen LogP contribution in [-0.2, 0) is 19.6 Å². The van der Waals surface area contributed by atoms with E-state index in [-0.39, 0.29) is 22.6 Å². The molecule has 1 saturated heterocycles. The minimum Gasteiger partial charge on any atom is -0.385 e. The molecular formula is C25H33N3O5S. The van der Waals surface area contributed by atoms with Gasteiger partial charge in [-0.25, -0.2) is 8.42 Å². The third-order valence-corrected chi connectivity index (χ3v) is 7.62. The maximum atomic E-state index is 12.9. The Morgan fingerprint density at radius 2 is 1.74 bits per heavy atom. The lowest BCUT2D eigenvalue weighted by Crippen LogP contribution is -2.43.